The third-order valence-corrected chi connectivity index (χ3v) is 4.78. The summed E-state index contributed by atoms with van der Waals surface area (Å²) in [5, 5.41) is 3.52. The lowest BCUT2D eigenvalue weighted by Crippen LogP contribution is -2.48. The highest BCUT2D eigenvalue weighted by atomic mass is 15.3. The lowest BCUT2D eigenvalue weighted by molar-refractivity contribution is 0.208. The Labute approximate surface area is 150 Å². The predicted molar refractivity (Wildman–Crippen MR) is 102 cm³/mol. The van der Waals surface area contributed by atoms with Crippen molar-refractivity contribution in [3.05, 3.63) is 54.1 Å². The summed E-state index contributed by atoms with van der Waals surface area (Å²) in [6, 6.07) is 8.75. The van der Waals surface area contributed by atoms with Gasteiger partial charge in [0, 0.05) is 45.6 Å². The zero-order valence-corrected chi connectivity index (χ0v) is 15.5. The van der Waals surface area contributed by atoms with E-state index in [2.05, 4.69) is 62.9 Å². The predicted octanol–water partition coefficient (Wildman–Crippen LogP) is 2.98. The van der Waals surface area contributed by atoms with E-state index in [0.717, 1.165) is 44.0 Å². The Morgan fingerprint density at radius 1 is 1.16 bits per heavy atom. The highest BCUT2D eigenvalue weighted by Crippen LogP contribution is 2.20. The molecule has 1 fully saturated rings. The number of aromatic nitrogens is 2. The topological polar surface area (TPSA) is 45.5 Å². The zero-order chi connectivity index (χ0) is 17.6. The quantitative estimate of drug-likeness (QED) is 0.688. The number of likely N-dealkylation sites (tertiary alicyclic amines) is 1. The van der Waals surface area contributed by atoms with Crippen LogP contribution in [0.15, 0.2) is 48.0 Å². The Balaban J connectivity index is 1.55. The second kappa shape index (κ2) is 8.19. The fraction of sp³-hybridized carbons (Fsp3) is 0.500. The van der Waals surface area contributed by atoms with Crippen LogP contribution >= 0.6 is 0 Å². The minimum absolute atomic E-state index is 0.727. The summed E-state index contributed by atoms with van der Waals surface area (Å²) in [5.74, 6) is 2.47. The second-order valence-corrected chi connectivity index (χ2v) is 7.30. The van der Waals surface area contributed by atoms with Crippen molar-refractivity contribution in [3.8, 4) is 0 Å². The van der Waals surface area contributed by atoms with E-state index in [1.807, 2.05) is 25.8 Å². The van der Waals surface area contributed by atoms with E-state index in [0.29, 0.717) is 0 Å². The molecule has 1 saturated heterocycles. The maximum absolute atomic E-state index is 4.48. The SMILES string of the molecule is CN=C(NCc1ccc(Cn2ccnc2)cc1)N1CC(C)CC(C)C1. The maximum atomic E-state index is 4.48. The van der Waals surface area contributed by atoms with Gasteiger partial charge in [0.15, 0.2) is 5.96 Å². The Morgan fingerprint density at radius 3 is 2.44 bits per heavy atom. The van der Waals surface area contributed by atoms with Gasteiger partial charge in [0.05, 0.1) is 6.33 Å². The Hall–Kier alpha value is -2.30. The van der Waals surface area contributed by atoms with Crippen LogP contribution in [0.25, 0.3) is 0 Å². The average molecular weight is 339 g/mol. The molecule has 2 atom stereocenters. The van der Waals surface area contributed by atoms with Gasteiger partial charge in [-0.3, -0.25) is 4.99 Å². The molecule has 0 saturated carbocycles. The minimum atomic E-state index is 0.727. The van der Waals surface area contributed by atoms with E-state index in [9.17, 15) is 0 Å². The maximum Gasteiger partial charge on any atom is 0.193 e. The summed E-state index contributed by atoms with van der Waals surface area (Å²) in [4.78, 5) is 11.0. The van der Waals surface area contributed by atoms with Crippen molar-refractivity contribution >= 4 is 5.96 Å². The minimum Gasteiger partial charge on any atom is -0.352 e. The van der Waals surface area contributed by atoms with E-state index in [1.54, 1.807) is 0 Å². The molecule has 0 radical (unpaired) electrons. The molecule has 2 heterocycles. The molecule has 1 aliphatic rings. The van der Waals surface area contributed by atoms with Gasteiger partial charge in [-0.05, 0) is 29.4 Å². The van der Waals surface area contributed by atoms with Crippen molar-refractivity contribution in [3.63, 3.8) is 0 Å². The summed E-state index contributed by atoms with van der Waals surface area (Å²) in [6.07, 6.45) is 6.96. The van der Waals surface area contributed by atoms with Gasteiger partial charge in [-0.25, -0.2) is 4.98 Å². The van der Waals surface area contributed by atoms with Crippen molar-refractivity contribution < 1.29 is 0 Å². The number of piperidine rings is 1. The third kappa shape index (κ3) is 4.84. The molecular formula is C20H29N5. The van der Waals surface area contributed by atoms with Crippen LogP contribution in [0.1, 0.15) is 31.4 Å². The number of hydrogen-bond acceptors (Lipinski definition) is 2. The summed E-state index contributed by atoms with van der Waals surface area (Å²) < 4.78 is 2.08. The second-order valence-electron chi connectivity index (χ2n) is 7.30. The fourth-order valence-corrected chi connectivity index (χ4v) is 3.70. The van der Waals surface area contributed by atoms with Gasteiger partial charge in [-0.1, -0.05) is 38.1 Å². The number of hydrogen-bond donors (Lipinski definition) is 1. The highest BCUT2D eigenvalue weighted by Gasteiger charge is 2.23. The summed E-state index contributed by atoms with van der Waals surface area (Å²) in [6.45, 7) is 8.50. The average Bonchev–Trinajstić information content (AvgIpc) is 3.09. The van der Waals surface area contributed by atoms with E-state index in [1.165, 1.54) is 17.5 Å². The Kier molecular flexibility index (Phi) is 5.74. The van der Waals surface area contributed by atoms with Crippen LogP contribution in [0.4, 0.5) is 0 Å². The first kappa shape index (κ1) is 17.5. The highest BCUT2D eigenvalue weighted by molar-refractivity contribution is 5.80. The molecule has 5 heteroatoms. The van der Waals surface area contributed by atoms with Crippen LogP contribution in [0.5, 0.6) is 0 Å². The number of imidazole rings is 1. The molecule has 3 rings (SSSR count). The number of benzene rings is 1. The zero-order valence-electron chi connectivity index (χ0n) is 15.5. The molecular weight excluding hydrogens is 310 g/mol. The molecule has 134 valence electrons. The van der Waals surface area contributed by atoms with Crippen LogP contribution < -0.4 is 5.32 Å². The van der Waals surface area contributed by atoms with Crippen LogP contribution in [0.3, 0.4) is 0 Å². The largest absolute Gasteiger partial charge is 0.352 e. The molecule has 25 heavy (non-hydrogen) atoms. The lowest BCUT2D eigenvalue weighted by atomic mass is 9.92. The van der Waals surface area contributed by atoms with Crippen molar-refractivity contribution in [1.82, 2.24) is 19.8 Å². The van der Waals surface area contributed by atoms with Crippen LogP contribution in [0, 0.1) is 11.8 Å². The molecule has 5 nitrogen and oxygen atoms in total. The molecule has 1 N–H and O–H groups in total. The molecule has 2 unspecified atom stereocenters. The fourth-order valence-electron chi connectivity index (χ4n) is 3.70. The number of rotatable bonds is 4. The standard InChI is InChI=1S/C20H29N5/c1-16-10-17(2)13-25(12-16)20(21-3)23-11-18-4-6-19(7-5-18)14-24-9-8-22-15-24/h4-9,15-17H,10-14H2,1-3H3,(H,21,23). The van der Waals surface area contributed by atoms with Gasteiger partial charge in [-0.2, -0.15) is 0 Å². The van der Waals surface area contributed by atoms with Crippen LogP contribution in [0.2, 0.25) is 0 Å². The third-order valence-electron chi connectivity index (χ3n) is 4.78. The number of aliphatic imine (C=N–C) groups is 1. The van der Waals surface area contributed by atoms with Gasteiger partial charge in [0.1, 0.15) is 0 Å². The van der Waals surface area contributed by atoms with Crippen LogP contribution in [-0.4, -0.2) is 40.5 Å². The summed E-state index contributed by atoms with van der Waals surface area (Å²) in [7, 11) is 1.88. The van der Waals surface area contributed by atoms with Gasteiger partial charge in [-0.15, -0.1) is 0 Å². The molecule has 0 amide bonds. The van der Waals surface area contributed by atoms with Gasteiger partial charge in [0.25, 0.3) is 0 Å². The Bertz CT molecular complexity index is 665. The molecule has 0 aliphatic carbocycles. The molecule has 1 aromatic carbocycles. The normalized spacial score (nSPS) is 21.4. The molecule has 1 aliphatic heterocycles. The van der Waals surface area contributed by atoms with E-state index >= 15 is 0 Å². The molecule has 2 aromatic rings. The van der Waals surface area contributed by atoms with Crippen molar-refractivity contribution in [2.75, 3.05) is 20.1 Å². The van der Waals surface area contributed by atoms with Crippen LogP contribution in [-0.2, 0) is 13.1 Å². The Morgan fingerprint density at radius 2 is 1.84 bits per heavy atom. The van der Waals surface area contributed by atoms with E-state index in [4.69, 9.17) is 0 Å². The molecule has 0 spiro atoms. The molecule has 0 bridgehead atoms. The van der Waals surface area contributed by atoms with Crippen molar-refractivity contribution in [2.24, 2.45) is 16.8 Å². The first-order valence-corrected chi connectivity index (χ1v) is 9.13. The molecule has 1 aromatic heterocycles. The summed E-state index contributed by atoms with van der Waals surface area (Å²) in [5.41, 5.74) is 2.55. The van der Waals surface area contributed by atoms with Gasteiger partial charge < -0.3 is 14.8 Å². The van der Waals surface area contributed by atoms with E-state index < -0.39 is 0 Å². The van der Waals surface area contributed by atoms with Crippen molar-refractivity contribution in [1.29, 1.82) is 0 Å². The number of guanidine groups is 1. The van der Waals surface area contributed by atoms with E-state index in [-0.39, 0.29) is 0 Å². The first-order chi connectivity index (χ1) is 12.1. The van der Waals surface area contributed by atoms with Gasteiger partial charge in [0.2, 0.25) is 0 Å². The lowest BCUT2D eigenvalue weighted by Gasteiger charge is -2.37. The smallest absolute Gasteiger partial charge is 0.193 e. The monoisotopic (exact) mass is 339 g/mol. The number of nitrogens with zero attached hydrogens (tertiary/aromatic N) is 4. The van der Waals surface area contributed by atoms with Crippen molar-refractivity contribution in [2.45, 2.75) is 33.4 Å². The summed E-state index contributed by atoms with van der Waals surface area (Å²) >= 11 is 0. The number of nitrogens with one attached hydrogen (secondary N) is 1. The van der Waals surface area contributed by atoms with Gasteiger partial charge >= 0.3 is 0 Å². The first-order valence-electron chi connectivity index (χ1n) is 9.13.